The molecule has 1 saturated heterocycles. The number of cyclic esters (lactones) is 1. The van der Waals surface area contributed by atoms with E-state index in [-0.39, 0.29) is 55.8 Å². The molecule has 4 unspecified atom stereocenters. The Morgan fingerprint density at radius 3 is 2.14 bits per heavy atom. The third-order valence-electron chi connectivity index (χ3n) is 6.80. The number of unbranched alkanes of at least 4 members (excludes halogenated alkanes) is 10. The van der Waals surface area contributed by atoms with Gasteiger partial charge in [0.25, 0.3) is 0 Å². The fourth-order valence-corrected chi connectivity index (χ4v) is 4.73. The average molecular weight is 537 g/mol. The molecule has 7 nitrogen and oxygen atoms in total. The Labute approximate surface area is 247 Å². The molecule has 0 aromatic rings. The Hall–Kier alpha value is -0.600. The number of aliphatic carboxylic acids is 1. The van der Waals surface area contributed by atoms with Crippen molar-refractivity contribution in [1.82, 2.24) is 0 Å². The molecule has 0 bridgehead atoms. The summed E-state index contributed by atoms with van der Waals surface area (Å²) in [5.74, 6) is -3.41. The second kappa shape index (κ2) is 18.6. The maximum atomic E-state index is 12.1. The number of hydrogen-bond donors (Lipinski definition) is 2. The minimum atomic E-state index is -1.06. The van der Waals surface area contributed by atoms with Crippen LogP contribution in [0, 0.1) is 11.8 Å². The van der Waals surface area contributed by atoms with Gasteiger partial charge in [-0.15, -0.1) is 0 Å². The van der Waals surface area contributed by atoms with E-state index in [4.69, 9.17) is 14.2 Å². The summed E-state index contributed by atoms with van der Waals surface area (Å²) >= 11 is 0. The van der Waals surface area contributed by atoms with Gasteiger partial charge in [0, 0.05) is 11.5 Å². The first-order valence-corrected chi connectivity index (χ1v) is 13.7. The Balaban J connectivity index is 0.00000648. The van der Waals surface area contributed by atoms with Crippen molar-refractivity contribution >= 4 is 49.7 Å². The van der Waals surface area contributed by atoms with E-state index >= 15 is 0 Å². The number of esters is 1. The average Bonchev–Trinajstić information content (AvgIpc) is 3.42. The molecule has 4 atom stereocenters. The molecule has 0 amide bonds. The molecule has 0 saturated carbocycles. The fraction of sp³-hybridized carbons (Fsp3) is 0.786. The first-order valence-electron chi connectivity index (χ1n) is 13.7. The van der Waals surface area contributed by atoms with Crippen LogP contribution in [0.1, 0.15) is 104 Å². The third-order valence-corrected chi connectivity index (χ3v) is 6.80. The molecule has 2 aliphatic rings. The molecular weight excluding hydrogens is 488 g/mol. The topological polar surface area (TPSA) is 102 Å². The van der Waals surface area contributed by atoms with E-state index in [9.17, 15) is 19.8 Å². The predicted molar refractivity (Wildman–Crippen MR) is 143 cm³/mol. The van der Waals surface area contributed by atoms with Gasteiger partial charge < -0.3 is 24.4 Å². The maximum absolute atomic E-state index is 12.1. The minimum absolute atomic E-state index is 0. The van der Waals surface area contributed by atoms with Crippen LogP contribution in [-0.4, -0.2) is 85.0 Å². The summed E-state index contributed by atoms with van der Waals surface area (Å²) in [7, 11) is 0. The zero-order valence-corrected chi connectivity index (χ0v) is 21.9. The molecule has 2 heterocycles. The predicted octanol–water partition coefficient (Wildman–Crippen LogP) is 5.55. The van der Waals surface area contributed by atoms with Gasteiger partial charge in [-0.25, -0.2) is 4.79 Å². The van der Waals surface area contributed by atoms with Gasteiger partial charge in [0.05, 0.1) is 12.5 Å². The van der Waals surface area contributed by atoms with Crippen LogP contribution in [0.5, 0.6) is 0 Å². The Kier molecular flexibility index (Phi) is 17.3. The molecule has 204 valence electrons. The molecule has 1 fully saturated rings. The molecule has 0 aliphatic carbocycles. The molecule has 0 aromatic carbocycles. The van der Waals surface area contributed by atoms with Crippen molar-refractivity contribution in [2.24, 2.45) is 11.8 Å². The van der Waals surface area contributed by atoms with E-state index in [2.05, 4.69) is 19.1 Å². The van der Waals surface area contributed by atoms with Gasteiger partial charge >= 0.3 is 49.7 Å². The Bertz CT molecular complexity index is 719. The van der Waals surface area contributed by atoms with Gasteiger partial charge in [-0.05, 0) is 32.1 Å². The summed E-state index contributed by atoms with van der Waals surface area (Å²) in [4.78, 5) is 24.1. The molecule has 2 rings (SSSR count). The Morgan fingerprint density at radius 2 is 1.58 bits per heavy atom. The molecule has 2 N–H and O–H groups in total. The molecule has 0 spiro atoms. The monoisotopic (exact) mass is 536 g/mol. The van der Waals surface area contributed by atoms with Crippen LogP contribution in [0.3, 0.4) is 0 Å². The van der Waals surface area contributed by atoms with Crippen molar-refractivity contribution < 1.29 is 34.0 Å². The van der Waals surface area contributed by atoms with Crippen molar-refractivity contribution in [2.75, 3.05) is 6.61 Å². The SMILES string of the molecule is CCCCCCCC/C=C\CCCCCCC(C(=O)O)C1=C(O)C(=O)OC1C1COC(C(C)C)O1.[CaH2]. The van der Waals surface area contributed by atoms with Crippen molar-refractivity contribution in [1.29, 1.82) is 0 Å². The van der Waals surface area contributed by atoms with E-state index in [0.29, 0.717) is 12.8 Å². The number of carbonyl (C=O) groups is 2. The first kappa shape index (κ1) is 33.4. The van der Waals surface area contributed by atoms with Crippen molar-refractivity contribution in [3.63, 3.8) is 0 Å². The standard InChI is InChI=1S/C28H46O7.Ca.2H/c1-4-5-6-7-8-9-10-11-12-13-14-15-16-17-18-21(26(30)31)23-24(29)27(32)35-25(23)22-19-33-28(34-22)20(2)3;;;/h11-12,20-22,25,28-29H,4-10,13-19H2,1-3H3,(H,30,31);;;/b12-11-;;;. The number of ether oxygens (including phenoxy) is 3. The van der Waals surface area contributed by atoms with Crippen molar-refractivity contribution in [3.8, 4) is 0 Å². The zero-order valence-electron chi connectivity index (χ0n) is 21.9. The number of allylic oxidation sites excluding steroid dienone is 2. The van der Waals surface area contributed by atoms with E-state index in [1.54, 1.807) is 0 Å². The van der Waals surface area contributed by atoms with E-state index in [1.807, 2.05) is 13.8 Å². The van der Waals surface area contributed by atoms with Crippen LogP contribution >= 0.6 is 0 Å². The van der Waals surface area contributed by atoms with Crippen molar-refractivity contribution in [2.45, 2.75) is 123 Å². The van der Waals surface area contributed by atoms with Gasteiger partial charge in [-0.1, -0.05) is 84.3 Å². The molecule has 0 radical (unpaired) electrons. The second-order valence-corrected chi connectivity index (χ2v) is 10.2. The zero-order chi connectivity index (χ0) is 25.6. The van der Waals surface area contributed by atoms with Gasteiger partial charge in [0.1, 0.15) is 6.10 Å². The third kappa shape index (κ3) is 11.0. The molecule has 8 heteroatoms. The normalized spacial score (nSPS) is 22.9. The van der Waals surface area contributed by atoms with Crippen LogP contribution in [0.25, 0.3) is 0 Å². The van der Waals surface area contributed by atoms with E-state index in [0.717, 1.165) is 32.1 Å². The summed E-state index contributed by atoms with van der Waals surface area (Å²) in [5, 5.41) is 20.2. The van der Waals surface area contributed by atoms with Crippen LogP contribution in [0.15, 0.2) is 23.5 Å². The number of aliphatic hydroxyl groups excluding tert-OH is 1. The number of carbonyl (C=O) groups excluding carboxylic acids is 1. The number of carboxylic acids is 1. The van der Waals surface area contributed by atoms with Gasteiger partial charge in [0.2, 0.25) is 5.76 Å². The molecule has 36 heavy (non-hydrogen) atoms. The summed E-state index contributed by atoms with van der Waals surface area (Å²) in [6.07, 6.45) is 16.7. The fourth-order valence-electron chi connectivity index (χ4n) is 4.73. The molecule has 0 aromatic heterocycles. The van der Waals surface area contributed by atoms with Crippen LogP contribution in [-0.2, 0) is 23.8 Å². The summed E-state index contributed by atoms with van der Waals surface area (Å²) in [5.41, 5.74) is 0.123. The number of hydrogen-bond acceptors (Lipinski definition) is 6. The quantitative estimate of drug-likeness (QED) is 0.102. The van der Waals surface area contributed by atoms with Gasteiger partial charge in [0.15, 0.2) is 12.4 Å². The first-order chi connectivity index (χ1) is 16.9. The van der Waals surface area contributed by atoms with Gasteiger partial charge in [-0.3, -0.25) is 4.79 Å². The molecule has 2 aliphatic heterocycles. The number of carboxylic acid groups (broad SMARTS) is 1. The summed E-state index contributed by atoms with van der Waals surface area (Å²) in [6.45, 7) is 6.33. The molecular formula is C28H48CaO7. The Morgan fingerprint density at radius 1 is 1.00 bits per heavy atom. The van der Waals surface area contributed by atoms with Crippen LogP contribution in [0.2, 0.25) is 0 Å². The number of rotatable bonds is 18. The van der Waals surface area contributed by atoms with E-state index < -0.39 is 42.1 Å². The number of aliphatic hydroxyl groups is 1. The second-order valence-electron chi connectivity index (χ2n) is 10.2. The van der Waals surface area contributed by atoms with E-state index in [1.165, 1.54) is 38.5 Å². The van der Waals surface area contributed by atoms with Crippen LogP contribution < -0.4 is 0 Å². The summed E-state index contributed by atoms with van der Waals surface area (Å²) < 4.78 is 16.8. The van der Waals surface area contributed by atoms with Crippen LogP contribution in [0.4, 0.5) is 0 Å². The summed E-state index contributed by atoms with van der Waals surface area (Å²) in [6, 6.07) is 0. The van der Waals surface area contributed by atoms with Gasteiger partial charge in [-0.2, -0.15) is 0 Å². The van der Waals surface area contributed by atoms with Crippen molar-refractivity contribution in [3.05, 3.63) is 23.5 Å².